The number of amides is 1. The van der Waals surface area contributed by atoms with Crippen LogP contribution in [0.15, 0.2) is 18.0 Å². The van der Waals surface area contributed by atoms with Crippen LogP contribution in [-0.2, 0) is 16.1 Å². The molecule has 2 saturated carbocycles. The lowest BCUT2D eigenvalue weighted by Crippen LogP contribution is -2.52. The number of allylic oxidation sites excluding steroid dienone is 1. The van der Waals surface area contributed by atoms with E-state index in [2.05, 4.69) is 15.2 Å². The third-order valence-corrected chi connectivity index (χ3v) is 7.96. The van der Waals surface area contributed by atoms with Crippen LogP contribution in [0.4, 0.5) is 10.2 Å². The first kappa shape index (κ1) is 24.7. The highest BCUT2D eigenvalue weighted by Crippen LogP contribution is 2.59. The lowest BCUT2D eigenvalue weighted by atomic mass is 9.76. The third-order valence-electron chi connectivity index (χ3n) is 7.96. The highest BCUT2D eigenvalue weighted by molar-refractivity contribution is 5.97. The van der Waals surface area contributed by atoms with Crippen molar-refractivity contribution in [2.45, 2.75) is 70.7 Å². The van der Waals surface area contributed by atoms with Gasteiger partial charge < -0.3 is 26.1 Å². The molecule has 0 bridgehead atoms. The second kappa shape index (κ2) is 9.14. The topological polar surface area (TPSA) is 122 Å². The van der Waals surface area contributed by atoms with Gasteiger partial charge in [0.25, 0.3) is 0 Å². The van der Waals surface area contributed by atoms with Crippen molar-refractivity contribution in [3.05, 3.63) is 23.7 Å². The van der Waals surface area contributed by atoms with Gasteiger partial charge in [0, 0.05) is 38.5 Å². The van der Waals surface area contributed by atoms with Crippen LogP contribution in [0, 0.1) is 16.7 Å². The van der Waals surface area contributed by atoms with Crippen molar-refractivity contribution in [2.24, 2.45) is 17.1 Å². The molecule has 2 aliphatic carbocycles. The molecule has 3 aliphatic rings. The van der Waals surface area contributed by atoms with Gasteiger partial charge in [-0.3, -0.25) is 14.5 Å². The first-order valence-electron chi connectivity index (χ1n) is 12.8. The molecule has 1 atom stereocenters. The second-order valence-electron chi connectivity index (χ2n) is 11.2. The van der Waals surface area contributed by atoms with Gasteiger partial charge >= 0.3 is 0 Å². The van der Waals surface area contributed by atoms with Gasteiger partial charge in [-0.15, -0.1) is 0 Å². The SMILES string of the molecule is COC1CN(c2nn(CC(C)(C)F)c3cc(/C(N)=C(/C=N)NC(=O)C4CCCCC45CC5)ncc23)C1. The van der Waals surface area contributed by atoms with Crippen molar-refractivity contribution in [1.29, 1.82) is 5.41 Å². The second-order valence-corrected chi connectivity index (χ2v) is 11.2. The summed E-state index contributed by atoms with van der Waals surface area (Å²) in [6, 6.07) is 1.76. The Balaban J connectivity index is 1.46. The molecule has 0 radical (unpaired) electrons. The van der Waals surface area contributed by atoms with E-state index in [9.17, 15) is 9.18 Å². The maximum atomic E-state index is 14.6. The van der Waals surface area contributed by atoms with Crippen molar-refractivity contribution in [1.82, 2.24) is 20.1 Å². The molecule has 4 N–H and O–H groups in total. The van der Waals surface area contributed by atoms with Gasteiger partial charge in [-0.25, -0.2) is 4.39 Å². The monoisotopic (exact) mass is 497 g/mol. The summed E-state index contributed by atoms with van der Waals surface area (Å²) in [5.41, 5.74) is 6.66. The van der Waals surface area contributed by atoms with E-state index < -0.39 is 5.67 Å². The van der Waals surface area contributed by atoms with E-state index in [0.717, 1.165) is 49.5 Å². The number of hydrogen-bond donors (Lipinski definition) is 3. The molecule has 2 aromatic rings. The minimum absolute atomic E-state index is 0.0346. The molecule has 194 valence electrons. The lowest BCUT2D eigenvalue weighted by molar-refractivity contribution is -0.127. The van der Waals surface area contributed by atoms with E-state index in [0.29, 0.717) is 24.3 Å². The summed E-state index contributed by atoms with van der Waals surface area (Å²) in [4.78, 5) is 19.8. The van der Waals surface area contributed by atoms with Crippen molar-refractivity contribution in [2.75, 3.05) is 25.1 Å². The fourth-order valence-electron chi connectivity index (χ4n) is 5.68. The fourth-order valence-corrected chi connectivity index (χ4v) is 5.68. The smallest absolute Gasteiger partial charge is 0.228 e. The summed E-state index contributed by atoms with van der Waals surface area (Å²) < 4.78 is 21.7. The Labute approximate surface area is 210 Å². The minimum Gasteiger partial charge on any atom is -0.395 e. The zero-order valence-corrected chi connectivity index (χ0v) is 21.3. The number of carbonyl (C=O) groups excluding carboxylic acids is 1. The van der Waals surface area contributed by atoms with Crippen LogP contribution in [0.25, 0.3) is 16.6 Å². The molecule has 2 aromatic heterocycles. The van der Waals surface area contributed by atoms with E-state index in [1.54, 1.807) is 24.1 Å². The van der Waals surface area contributed by atoms with Gasteiger partial charge in [0.05, 0.1) is 40.6 Å². The van der Waals surface area contributed by atoms with Crippen molar-refractivity contribution >= 4 is 34.5 Å². The largest absolute Gasteiger partial charge is 0.395 e. The number of halogens is 1. The molecule has 1 saturated heterocycles. The summed E-state index contributed by atoms with van der Waals surface area (Å²) in [6.45, 7) is 4.51. The molecule has 1 amide bonds. The third kappa shape index (κ3) is 4.58. The van der Waals surface area contributed by atoms with Crippen LogP contribution in [0.2, 0.25) is 0 Å². The number of anilines is 1. The van der Waals surface area contributed by atoms with E-state index in [1.165, 1.54) is 20.3 Å². The molecule has 3 fully saturated rings. The lowest BCUT2D eigenvalue weighted by Gasteiger charge is -2.38. The average molecular weight is 498 g/mol. The van der Waals surface area contributed by atoms with Crippen LogP contribution in [0.5, 0.6) is 0 Å². The van der Waals surface area contributed by atoms with Gasteiger partial charge in [-0.05, 0) is 51.0 Å². The van der Waals surface area contributed by atoms with Gasteiger partial charge in [-0.2, -0.15) is 5.10 Å². The zero-order chi connectivity index (χ0) is 25.7. The number of ether oxygens (including phenoxy) is 1. The standard InChI is InChI=1S/C26H36FN7O2/c1-25(2,27)15-34-21-10-19(30-12-17(21)23(32-34)33-13-16(14-33)36-3)22(29)20(11-28)31-24(35)18-6-4-5-7-26(18)8-9-26/h10-12,16,18,28H,4-9,13-15,29H2,1-3H3,(H,31,35)/b22-20+,28-11?. The summed E-state index contributed by atoms with van der Waals surface area (Å²) in [6.07, 6.45) is 9.31. The van der Waals surface area contributed by atoms with E-state index in [1.807, 2.05) is 0 Å². The Bertz CT molecular complexity index is 1200. The number of alkyl halides is 1. The van der Waals surface area contributed by atoms with Gasteiger partial charge in [0.2, 0.25) is 5.91 Å². The summed E-state index contributed by atoms with van der Waals surface area (Å²) in [7, 11) is 1.69. The number of fused-ring (bicyclic) bond motifs is 1. The van der Waals surface area contributed by atoms with Gasteiger partial charge in [0.1, 0.15) is 5.67 Å². The molecule has 0 aromatic carbocycles. The van der Waals surface area contributed by atoms with Gasteiger partial charge in [-0.1, -0.05) is 12.8 Å². The molecule has 1 aliphatic heterocycles. The Morgan fingerprint density at radius 1 is 1.36 bits per heavy atom. The number of aromatic nitrogens is 3. The number of nitrogens with one attached hydrogen (secondary N) is 2. The van der Waals surface area contributed by atoms with Crippen LogP contribution in [0.3, 0.4) is 0 Å². The Morgan fingerprint density at radius 3 is 2.75 bits per heavy atom. The number of nitrogens with two attached hydrogens (primary N) is 1. The number of nitrogens with zero attached hydrogens (tertiary/aromatic N) is 4. The minimum atomic E-state index is -1.47. The number of pyridine rings is 1. The fraction of sp³-hybridized carbons (Fsp3) is 0.615. The predicted octanol–water partition coefficient (Wildman–Crippen LogP) is 3.38. The Kier molecular flexibility index (Phi) is 6.26. The summed E-state index contributed by atoms with van der Waals surface area (Å²) in [5, 5.41) is 16.3. The molecule has 1 unspecified atom stereocenters. The average Bonchev–Trinajstić information content (AvgIpc) is 3.49. The van der Waals surface area contributed by atoms with Gasteiger partial charge in [0.15, 0.2) is 5.82 Å². The predicted molar refractivity (Wildman–Crippen MR) is 137 cm³/mol. The number of carbonyl (C=O) groups is 1. The number of methoxy groups -OCH3 is 1. The maximum Gasteiger partial charge on any atom is 0.228 e. The van der Waals surface area contributed by atoms with Crippen molar-refractivity contribution in [3.63, 3.8) is 0 Å². The Hall–Kier alpha value is -3.01. The molecule has 9 nitrogen and oxygen atoms in total. The quantitative estimate of drug-likeness (QED) is 0.481. The van der Waals surface area contributed by atoms with Crippen LogP contribution >= 0.6 is 0 Å². The molecular weight excluding hydrogens is 461 g/mol. The number of hydrogen-bond acceptors (Lipinski definition) is 7. The molecule has 1 spiro atoms. The Morgan fingerprint density at radius 2 is 2.11 bits per heavy atom. The first-order chi connectivity index (χ1) is 17.1. The summed E-state index contributed by atoms with van der Waals surface area (Å²) in [5.74, 6) is 0.635. The highest BCUT2D eigenvalue weighted by Gasteiger charge is 2.52. The molecule has 3 heterocycles. The van der Waals surface area contributed by atoms with Crippen molar-refractivity contribution in [3.8, 4) is 0 Å². The van der Waals surface area contributed by atoms with Crippen LogP contribution in [-0.4, -0.2) is 58.9 Å². The number of rotatable bonds is 8. The van der Waals surface area contributed by atoms with Crippen molar-refractivity contribution < 1.29 is 13.9 Å². The normalized spacial score (nSPS) is 22.3. The van der Waals surface area contributed by atoms with E-state index in [-0.39, 0.29) is 41.3 Å². The maximum absolute atomic E-state index is 14.6. The van der Waals surface area contributed by atoms with Crippen LogP contribution < -0.4 is 16.0 Å². The first-order valence-corrected chi connectivity index (χ1v) is 12.8. The highest BCUT2D eigenvalue weighted by atomic mass is 19.1. The molecule has 36 heavy (non-hydrogen) atoms. The molecular formula is C26H36FN7O2. The van der Waals surface area contributed by atoms with E-state index >= 15 is 0 Å². The van der Waals surface area contributed by atoms with Crippen LogP contribution in [0.1, 0.15) is 58.1 Å². The molecule has 10 heteroatoms. The molecule has 5 rings (SSSR count). The van der Waals surface area contributed by atoms with E-state index in [4.69, 9.17) is 21.0 Å². The zero-order valence-electron chi connectivity index (χ0n) is 21.3. The summed E-state index contributed by atoms with van der Waals surface area (Å²) >= 11 is 0.